The highest BCUT2D eigenvalue weighted by atomic mass is 16.5. The number of cyclic esters (lactones) is 1. The molecule has 0 bridgehead atoms. The molecule has 0 aromatic heterocycles. The summed E-state index contributed by atoms with van der Waals surface area (Å²) < 4.78 is 21.5. The minimum Gasteiger partial charge on any atom is -0.496 e. The number of primary amides is 1. The molecule has 0 radical (unpaired) electrons. The summed E-state index contributed by atoms with van der Waals surface area (Å²) in [5.74, 6) is -0.174. The zero-order valence-electron chi connectivity index (χ0n) is 20.7. The Kier molecular flexibility index (Phi) is 9.50. The number of nitrogens with zero attached hydrogens (tertiary/aromatic N) is 1. The van der Waals surface area contributed by atoms with E-state index >= 15 is 0 Å². The molecular weight excluding hydrogens is 454 g/mol. The van der Waals surface area contributed by atoms with Crippen LogP contribution in [0.5, 0.6) is 5.75 Å². The first-order valence-electron chi connectivity index (χ1n) is 11.9. The van der Waals surface area contributed by atoms with Crippen LogP contribution in [-0.4, -0.2) is 69.4 Å². The monoisotopic (exact) mass is 489 g/mol. The van der Waals surface area contributed by atoms with Gasteiger partial charge in [-0.2, -0.15) is 0 Å². The Morgan fingerprint density at radius 3 is 2.66 bits per heavy atom. The second-order valence-corrected chi connectivity index (χ2v) is 8.71. The molecule has 1 aromatic rings. The third-order valence-corrected chi connectivity index (χ3v) is 6.29. The van der Waals surface area contributed by atoms with Crippen LogP contribution in [-0.2, 0) is 32.0 Å². The summed E-state index contributed by atoms with van der Waals surface area (Å²) in [6.45, 7) is 8.55. The van der Waals surface area contributed by atoms with Gasteiger partial charge in [0.15, 0.2) is 0 Å². The predicted molar refractivity (Wildman–Crippen MR) is 130 cm³/mol. The van der Waals surface area contributed by atoms with Gasteiger partial charge in [-0.1, -0.05) is 11.6 Å². The lowest BCUT2D eigenvalue weighted by molar-refractivity contribution is -0.143. The lowest BCUT2D eigenvalue weighted by Crippen LogP contribution is -2.37. The number of hydrogen-bond donors (Lipinski definition) is 2. The van der Waals surface area contributed by atoms with Crippen LogP contribution in [0.3, 0.4) is 0 Å². The maximum absolute atomic E-state index is 12.4. The SMILES string of the molecule is COc1c(C)c2c(c(NC(N)=O)c1C/C=C(\C)CCC(=O)OCCCN1CCOCC1)C(=O)OC2. The molecule has 192 valence electrons. The van der Waals surface area contributed by atoms with E-state index in [1.54, 1.807) is 0 Å². The molecule has 10 heteroatoms. The molecule has 35 heavy (non-hydrogen) atoms. The number of rotatable bonds is 11. The molecule has 10 nitrogen and oxygen atoms in total. The molecule has 3 N–H and O–H groups in total. The van der Waals surface area contributed by atoms with Crippen molar-refractivity contribution in [3.8, 4) is 5.75 Å². The fourth-order valence-corrected chi connectivity index (χ4v) is 4.36. The number of methoxy groups -OCH3 is 1. The van der Waals surface area contributed by atoms with Gasteiger partial charge in [0, 0.05) is 37.2 Å². The number of anilines is 1. The number of amides is 2. The average Bonchev–Trinajstić information content (AvgIpc) is 3.23. The lowest BCUT2D eigenvalue weighted by Gasteiger charge is -2.26. The van der Waals surface area contributed by atoms with E-state index in [-0.39, 0.29) is 19.0 Å². The molecule has 1 saturated heterocycles. The second-order valence-electron chi connectivity index (χ2n) is 8.71. The second kappa shape index (κ2) is 12.6. The average molecular weight is 490 g/mol. The number of carbonyl (C=O) groups is 3. The van der Waals surface area contributed by atoms with Gasteiger partial charge in [-0.3, -0.25) is 9.69 Å². The number of nitrogens with one attached hydrogen (secondary N) is 1. The highest BCUT2D eigenvalue weighted by molar-refractivity contribution is 6.05. The molecule has 2 aliphatic rings. The van der Waals surface area contributed by atoms with E-state index < -0.39 is 12.0 Å². The van der Waals surface area contributed by atoms with E-state index in [1.165, 1.54) is 7.11 Å². The number of morpholine rings is 1. The fourth-order valence-electron chi connectivity index (χ4n) is 4.36. The number of nitrogens with two attached hydrogens (primary N) is 1. The van der Waals surface area contributed by atoms with E-state index in [0.717, 1.165) is 50.4 Å². The van der Waals surface area contributed by atoms with Crippen molar-refractivity contribution in [2.75, 3.05) is 51.9 Å². The van der Waals surface area contributed by atoms with Crippen LogP contribution in [0, 0.1) is 6.92 Å². The van der Waals surface area contributed by atoms with Crippen LogP contribution in [0.25, 0.3) is 0 Å². The zero-order valence-corrected chi connectivity index (χ0v) is 20.7. The molecule has 0 aliphatic carbocycles. The molecule has 1 aromatic carbocycles. The summed E-state index contributed by atoms with van der Waals surface area (Å²) in [4.78, 5) is 38.5. The Morgan fingerprint density at radius 1 is 1.23 bits per heavy atom. The van der Waals surface area contributed by atoms with Crippen LogP contribution < -0.4 is 15.8 Å². The first-order chi connectivity index (χ1) is 16.8. The predicted octanol–water partition coefficient (Wildman–Crippen LogP) is 2.70. The number of allylic oxidation sites excluding steroid dienone is 2. The molecule has 3 rings (SSSR count). The van der Waals surface area contributed by atoms with Gasteiger partial charge in [0.1, 0.15) is 12.4 Å². The lowest BCUT2D eigenvalue weighted by atomic mass is 9.93. The maximum atomic E-state index is 12.4. The van der Waals surface area contributed by atoms with Gasteiger partial charge < -0.3 is 30.0 Å². The largest absolute Gasteiger partial charge is 0.496 e. The quantitative estimate of drug-likeness (QED) is 0.276. The van der Waals surface area contributed by atoms with Crippen LogP contribution in [0.15, 0.2) is 11.6 Å². The number of hydrogen-bond acceptors (Lipinski definition) is 8. The molecule has 0 unspecified atom stereocenters. The number of esters is 2. The van der Waals surface area contributed by atoms with E-state index in [2.05, 4.69) is 10.2 Å². The van der Waals surface area contributed by atoms with Gasteiger partial charge in [0.05, 0.1) is 38.2 Å². The van der Waals surface area contributed by atoms with Crippen LogP contribution >= 0.6 is 0 Å². The Morgan fingerprint density at radius 2 is 1.97 bits per heavy atom. The van der Waals surface area contributed by atoms with Crippen molar-refractivity contribution < 1.29 is 33.3 Å². The van der Waals surface area contributed by atoms with Crippen molar-refractivity contribution in [2.45, 2.75) is 46.1 Å². The summed E-state index contributed by atoms with van der Waals surface area (Å²) in [7, 11) is 1.54. The van der Waals surface area contributed by atoms with Crippen LogP contribution in [0.1, 0.15) is 53.2 Å². The van der Waals surface area contributed by atoms with Crippen molar-refractivity contribution in [3.05, 3.63) is 33.9 Å². The topological polar surface area (TPSA) is 129 Å². The summed E-state index contributed by atoms with van der Waals surface area (Å²) in [5.41, 5.74) is 9.06. The Balaban J connectivity index is 1.58. The molecule has 2 heterocycles. The Hall–Kier alpha value is -3.11. The molecule has 0 saturated carbocycles. The first-order valence-corrected chi connectivity index (χ1v) is 11.9. The van der Waals surface area contributed by atoms with E-state index in [1.807, 2.05) is 19.9 Å². The van der Waals surface area contributed by atoms with Gasteiger partial charge >= 0.3 is 18.0 Å². The van der Waals surface area contributed by atoms with E-state index in [9.17, 15) is 14.4 Å². The van der Waals surface area contributed by atoms with Crippen LogP contribution in [0.4, 0.5) is 10.5 Å². The minimum absolute atomic E-state index is 0.119. The highest BCUT2D eigenvalue weighted by Crippen LogP contribution is 2.41. The third-order valence-electron chi connectivity index (χ3n) is 6.29. The van der Waals surface area contributed by atoms with Gasteiger partial charge in [0.25, 0.3) is 0 Å². The summed E-state index contributed by atoms with van der Waals surface area (Å²) in [6.07, 6.45) is 3.94. The van der Waals surface area contributed by atoms with Gasteiger partial charge in [-0.25, -0.2) is 9.59 Å². The smallest absolute Gasteiger partial charge is 0.341 e. The van der Waals surface area contributed by atoms with Crippen molar-refractivity contribution in [2.24, 2.45) is 5.73 Å². The number of carbonyl (C=O) groups excluding carboxylic acids is 3. The third kappa shape index (κ3) is 6.95. The normalized spacial score (nSPS) is 16.0. The van der Waals surface area contributed by atoms with Crippen molar-refractivity contribution in [3.63, 3.8) is 0 Å². The minimum atomic E-state index is -0.781. The summed E-state index contributed by atoms with van der Waals surface area (Å²) in [6, 6.07) is -0.781. The van der Waals surface area contributed by atoms with E-state index in [4.69, 9.17) is 24.7 Å². The zero-order chi connectivity index (χ0) is 25.4. The molecule has 0 atom stereocenters. The molecule has 1 fully saturated rings. The fraction of sp³-hybridized carbons (Fsp3) is 0.560. The number of benzene rings is 1. The first kappa shape index (κ1) is 26.5. The molecule has 2 aliphatic heterocycles. The molecule has 2 amide bonds. The molecule has 0 spiro atoms. The Labute approximate surface area is 205 Å². The van der Waals surface area contributed by atoms with E-state index in [0.29, 0.717) is 47.6 Å². The van der Waals surface area contributed by atoms with Crippen LogP contribution in [0.2, 0.25) is 0 Å². The van der Waals surface area contributed by atoms with Crippen molar-refractivity contribution >= 4 is 23.7 Å². The molecular formula is C25H35N3O7. The van der Waals surface area contributed by atoms with Crippen molar-refractivity contribution in [1.82, 2.24) is 4.90 Å². The number of ether oxygens (including phenoxy) is 4. The standard InChI is InChI=1S/C25H35N3O7/c1-16(6-8-20(29)34-12-4-9-28-10-13-33-14-11-28)5-7-18-22(27-25(26)31)21-19(15-35-24(21)30)17(2)23(18)32-3/h5H,4,6-15H2,1-3H3,(H3,26,27,31)/b16-5+. The van der Waals surface area contributed by atoms with Gasteiger partial charge in [0.2, 0.25) is 0 Å². The maximum Gasteiger partial charge on any atom is 0.341 e. The number of urea groups is 1. The summed E-state index contributed by atoms with van der Waals surface area (Å²) >= 11 is 0. The highest BCUT2D eigenvalue weighted by Gasteiger charge is 2.32. The number of fused-ring (bicyclic) bond motifs is 1. The van der Waals surface area contributed by atoms with Gasteiger partial charge in [-0.15, -0.1) is 0 Å². The Bertz CT molecular complexity index is 984. The van der Waals surface area contributed by atoms with Gasteiger partial charge in [-0.05, 0) is 38.7 Å². The van der Waals surface area contributed by atoms with Crippen molar-refractivity contribution in [1.29, 1.82) is 0 Å². The summed E-state index contributed by atoms with van der Waals surface area (Å²) in [5, 5.41) is 2.58.